The highest BCUT2D eigenvalue weighted by Gasteiger charge is 2.26. The maximum absolute atomic E-state index is 12.9. The number of Topliss-reactive ketones (excluding diaryl/α,β-unsaturated/α-hetero) is 5. The summed E-state index contributed by atoms with van der Waals surface area (Å²) in [5, 5.41) is 15.4. The van der Waals surface area contributed by atoms with Crippen molar-refractivity contribution in [2.24, 2.45) is 0 Å². The smallest absolute Gasteiger partial charge is 0.255 e. The van der Waals surface area contributed by atoms with Crippen LogP contribution in [0.5, 0.6) is 51.7 Å². The molecule has 0 saturated heterocycles. The summed E-state index contributed by atoms with van der Waals surface area (Å²) >= 11 is 32.0. The van der Waals surface area contributed by atoms with Crippen LogP contribution in [0.3, 0.4) is 0 Å². The molecule has 10 aromatic rings. The highest BCUT2D eigenvalue weighted by Crippen LogP contribution is 2.43. The summed E-state index contributed by atoms with van der Waals surface area (Å²) in [4.78, 5) is 121. The van der Waals surface area contributed by atoms with Gasteiger partial charge in [0.25, 0.3) is 29.5 Å². The van der Waals surface area contributed by atoms with Gasteiger partial charge in [-0.25, -0.2) is 0 Å². The van der Waals surface area contributed by atoms with Gasteiger partial charge >= 0.3 is 0 Å². The Hall–Kier alpha value is -11.8. The lowest BCUT2D eigenvalue weighted by Crippen LogP contribution is -2.16. The number of ketones is 5. The molecule has 24 nitrogen and oxygen atoms in total. The summed E-state index contributed by atoms with van der Waals surface area (Å²) in [6.07, 6.45) is 1.24. The van der Waals surface area contributed by atoms with Crippen molar-refractivity contribution in [2.75, 3.05) is 46.4 Å². The van der Waals surface area contributed by atoms with E-state index in [2.05, 4.69) is 58.4 Å². The van der Waals surface area contributed by atoms with Crippen molar-refractivity contribution in [1.29, 1.82) is 0 Å². The maximum atomic E-state index is 12.9. The molecule has 0 aliphatic rings. The van der Waals surface area contributed by atoms with Gasteiger partial charge in [-0.05, 0) is 383 Å². The molecule has 0 saturated carbocycles. The van der Waals surface area contributed by atoms with Crippen LogP contribution in [0.2, 0.25) is 20.1 Å². The van der Waals surface area contributed by atoms with E-state index in [1.807, 2.05) is 138 Å². The Bertz CT molecular complexity index is 5770. The molecule has 10 aromatic carbocycles. The fraction of sp³-hybridized carbons (Fsp3) is 0.340. The van der Waals surface area contributed by atoms with E-state index in [9.17, 15) is 47.9 Å². The number of halogens is 6. The van der Waals surface area contributed by atoms with Gasteiger partial charge in [0.15, 0.2) is 28.9 Å². The molecule has 726 valence electrons. The molecular formula is C106H121Br2Cl4N5O19. The first-order valence-corrected chi connectivity index (χ1v) is 47.5. The Balaban J connectivity index is 0.000000261. The third kappa shape index (κ3) is 33.9. The first-order chi connectivity index (χ1) is 64.0. The summed E-state index contributed by atoms with van der Waals surface area (Å²) in [6.45, 7) is 46.7. The Morgan fingerprint density at radius 1 is 0.272 bits per heavy atom. The van der Waals surface area contributed by atoms with Gasteiger partial charge in [0, 0.05) is 84.1 Å². The quantitative estimate of drug-likeness (QED) is 0.0230. The summed E-state index contributed by atoms with van der Waals surface area (Å²) in [7, 11) is 0. The molecule has 0 aliphatic heterocycles. The standard InChI is InChI=1S/C23H28ClNO4.C22H26BrNO4.C22H26ClNO4.C20H22BrNO4.C19H19Cl2NO3/c1-6-18(7-2)29-21-13-16(12-20(22(21)24)28-8-3)23(27)25-17-9-10-19(15(5)26)14(4)11-17;2*1-12(2)27-19-10-16(11-20(21(19)23)28-13(3)4)22(26)24-17-7-8-18(15(6)25)14(5)9-17;1-5-25-17-10-14(11-18(19(17)21)26-6-2)20(24)22-15-7-8-16(13(4)23)12(3)9-15;1-10(2)25-17-9-13(8-16(20)18(17)21)19(24)22-14-5-6-15(12(4)23)11(3)7-14/h9-13,18H,6-8H2,1-5H3,(H,25,27);2*7-13H,1-6H3,(H,24,26);7-11H,5-6H2,1-4H3,(H,22,24);5-10H,1-4H3,(H,22,24). The minimum atomic E-state index is -0.345. The van der Waals surface area contributed by atoms with E-state index in [1.165, 1.54) is 40.7 Å². The van der Waals surface area contributed by atoms with E-state index in [0.717, 1.165) is 40.7 Å². The van der Waals surface area contributed by atoms with E-state index in [1.54, 1.807) is 146 Å². The van der Waals surface area contributed by atoms with E-state index in [-0.39, 0.29) is 105 Å². The lowest BCUT2D eigenvalue weighted by atomic mass is 10.0. The van der Waals surface area contributed by atoms with Crippen LogP contribution in [0, 0.1) is 34.6 Å². The lowest BCUT2D eigenvalue weighted by Gasteiger charge is -2.19. The molecule has 136 heavy (non-hydrogen) atoms. The average molecular weight is 2070 g/mol. The Kier molecular flexibility index (Phi) is 44.6. The van der Waals surface area contributed by atoms with Crippen molar-refractivity contribution in [3.63, 3.8) is 0 Å². The van der Waals surface area contributed by atoms with E-state index >= 15 is 0 Å². The molecule has 5 amide bonds. The zero-order valence-electron chi connectivity index (χ0n) is 81.5. The second kappa shape index (κ2) is 53.7. The molecular weight excluding hydrogens is 1950 g/mol. The van der Waals surface area contributed by atoms with Gasteiger partial charge in [-0.15, -0.1) is 0 Å². The molecule has 0 atom stereocenters. The molecule has 0 radical (unpaired) electrons. The molecule has 0 spiro atoms. The zero-order chi connectivity index (χ0) is 102. The number of carbonyl (C=O) groups is 10. The van der Waals surface area contributed by atoms with Crippen LogP contribution >= 0.6 is 78.3 Å². The second-order valence-corrected chi connectivity index (χ2v) is 35.9. The number of ether oxygens (including phenoxy) is 9. The number of aryl methyl sites for hydroxylation is 5. The number of nitrogens with one attached hydrogen (secondary N) is 5. The maximum Gasteiger partial charge on any atom is 0.255 e. The summed E-state index contributed by atoms with van der Waals surface area (Å²) < 4.78 is 52.8. The number of amides is 5. The second-order valence-electron chi connectivity index (χ2n) is 32.8. The molecule has 0 aliphatic carbocycles. The summed E-state index contributed by atoms with van der Waals surface area (Å²) in [5.41, 5.74) is 12.2. The van der Waals surface area contributed by atoms with Gasteiger partial charge in [-0.2, -0.15) is 0 Å². The number of anilines is 5. The van der Waals surface area contributed by atoms with Gasteiger partial charge in [0.1, 0.15) is 75.8 Å². The van der Waals surface area contributed by atoms with Crippen LogP contribution in [0.25, 0.3) is 0 Å². The summed E-state index contributed by atoms with van der Waals surface area (Å²) in [6, 6.07) is 42.1. The first-order valence-electron chi connectivity index (χ1n) is 44.4. The normalized spacial score (nSPS) is 10.7. The predicted molar refractivity (Wildman–Crippen MR) is 551 cm³/mol. The average Bonchev–Trinajstić information content (AvgIpc) is 0.819. The molecule has 0 aromatic heterocycles. The molecule has 30 heteroatoms. The third-order valence-corrected chi connectivity index (χ3v) is 22.7. The third-order valence-electron chi connectivity index (χ3n) is 19.6. The zero-order valence-corrected chi connectivity index (χ0v) is 87.7. The fourth-order valence-electron chi connectivity index (χ4n) is 13.4. The van der Waals surface area contributed by atoms with Crippen molar-refractivity contribution in [3.8, 4) is 51.7 Å². The van der Waals surface area contributed by atoms with Crippen LogP contribution in [-0.4, -0.2) is 115 Å². The Morgan fingerprint density at radius 3 is 0.706 bits per heavy atom. The van der Waals surface area contributed by atoms with Gasteiger partial charge < -0.3 is 69.2 Å². The van der Waals surface area contributed by atoms with Crippen molar-refractivity contribution in [2.45, 2.75) is 223 Å². The fourth-order valence-corrected chi connectivity index (χ4v) is 15.1. The van der Waals surface area contributed by atoms with Gasteiger partial charge in [0.05, 0.1) is 61.5 Å². The van der Waals surface area contributed by atoms with Crippen molar-refractivity contribution < 1.29 is 90.6 Å². The topological polar surface area (TPSA) is 314 Å². The van der Waals surface area contributed by atoms with Gasteiger partial charge in [-0.3, -0.25) is 47.9 Å². The Morgan fingerprint density at radius 2 is 0.471 bits per heavy atom. The van der Waals surface area contributed by atoms with Crippen molar-refractivity contribution >= 4 is 165 Å². The van der Waals surface area contributed by atoms with Crippen LogP contribution in [0.15, 0.2) is 161 Å². The van der Waals surface area contributed by atoms with Crippen LogP contribution in [-0.2, 0) is 0 Å². The number of hydrogen-bond donors (Lipinski definition) is 5. The number of rotatable bonds is 35. The van der Waals surface area contributed by atoms with Crippen molar-refractivity contribution in [3.05, 3.63) is 264 Å². The van der Waals surface area contributed by atoms with Gasteiger partial charge in [0.2, 0.25) is 0 Å². The SMILES string of the molecule is CC(=O)c1ccc(NC(=O)c2cc(Cl)c(Cl)c(OC(C)C)c2)cc1C.CC(=O)c1ccc(NC(=O)c2cc(OC(C)C)c(Br)c(OC(C)C)c2)cc1C.CC(=O)c1ccc(NC(=O)c2cc(OC(C)C)c(Cl)c(OC(C)C)c2)cc1C.CCOc1cc(C(=O)Nc2ccc(C(C)=O)c(C)c2)cc(OC(CC)CC)c1Cl.CCOc1cc(C(=O)Nc2ccc(C(C)=O)c(C)c2)cc(OCC)c1Br. The van der Waals surface area contributed by atoms with Crippen LogP contribution < -0.4 is 69.2 Å². The molecule has 10 rings (SSSR count). The lowest BCUT2D eigenvalue weighted by molar-refractivity contribution is 0.100. The number of benzene rings is 10. The first kappa shape index (κ1) is 113. The number of carbonyl (C=O) groups excluding carboxylic acids is 10. The Labute approximate surface area is 834 Å². The largest absolute Gasteiger partial charge is 0.493 e. The van der Waals surface area contributed by atoms with E-state index in [0.29, 0.717) is 175 Å². The van der Waals surface area contributed by atoms with Crippen LogP contribution in [0.4, 0.5) is 28.4 Å². The highest BCUT2D eigenvalue weighted by molar-refractivity contribution is 9.11. The predicted octanol–water partition coefficient (Wildman–Crippen LogP) is 28.1. The molecule has 0 unspecified atom stereocenters. The highest BCUT2D eigenvalue weighted by atomic mass is 79.9. The minimum Gasteiger partial charge on any atom is -0.493 e. The number of hydrogen-bond acceptors (Lipinski definition) is 19. The molecule has 0 fully saturated rings. The van der Waals surface area contributed by atoms with E-state index < -0.39 is 0 Å². The summed E-state index contributed by atoms with van der Waals surface area (Å²) in [5.74, 6) is 2.56. The van der Waals surface area contributed by atoms with E-state index in [4.69, 9.17) is 89.0 Å². The monoisotopic (exact) mass is 2070 g/mol. The van der Waals surface area contributed by atoms with Crippen LogP contribution in [0.1, 0.15) is 283 Å². The molecule has 5 N–H and O–H groups in total. The minimum absolute atomic E-state index is 0.00191. The van der Waals surface area contributed by atoms with Gasteiger partial charge in [-0.1, -0.05) is 60.3 Å². The molecule has 0 heterocycles. The van der Waals surface area contributed by atoms with Crippen molar-refractivity contribution in [1.82, 2.24) is 0 Å². The molecule has 0 bridgehead atoms.